The minimum atomic E-state index is 0.364. The summed E-state index contributed by atoms with van der Waals surface area (Å²) in [6.07, 6.45) is 0.843. The van der Waals surface area contributed by atoms with Crippen molar-refractivity contribution in [1.29, 1.82) is 0 Å². The monoisotopic (exact) mass is 287 g/mol. The van der Waals surface area contributed by atoms with Crippen LogP contribution < -0.4 is 5.32 Å². The lowest BCUT2D eigenvalue weighted by atomic mass is 10.4. The van der Waals surface area contributed by atoms with Crippen LogP contribution in [-0.4, -0.2) is 37.0 Å². The minimum absolute atomic E-state index is 0.364. The summed E-state index contributed by atoms with van der Waals surface area (Å²) in [7, 11) is 1.69. The fraction of sp³-hybridized carbons (Fsp3) is 0.455. The lowest BCUT2D eigenvalue weighted by Gasteiger charge is -2.00. The second-order valence-electron chi connectivity index (χ2n) is 3.60. The van der Waals surface area contributed by atoms with Crippen LogP contribution in [-0.2, 0) is 11.2 Å². The molecule has 0 saturated carbocycles. The van der Waals surface area contributed by atoms with E-state index in [4.69, 9.17) is 20.8 Å². The Hall–Kier alpha value is -0.950. The molecule has 0 unspecified atom stereocenters. The molecular formula is C11H14ClN3O2S. The van der Waals surface area contributed by atoms with E-state index < -0.39 is 0 Å². The van der Waals surface area contributed by atoms with E-state index in [9.17, 15) is 0 Å². The van der Waals surface area contributed by atoms with Crippen LogP contribution in [0.15, 0.2) is 16.5 Å². The SMILES string of the molecule is COCCNCCc1nnc(-c2ccc(Cl)o2)s1. The van der Waals surface area contributed by atoms with Gasteiger partial charge in [0, 0.05) is 26.6 Å². The van der Waals surface area contributed by atoms with Gasteiger partial charge in [0.25, 0.3) is 0 Å². The van der Waals surface area contributed by atoms with Gasteiger partial charge in [-0.2, -0.15) is 0 Å². The van der Waals surface area contributed by atoms with Gasteiger partial charge in [-0.15, -0.1) is 10.2 Å². The number of furan rings is 1. The van der Waals surface area contributed by atoms with Gasteiger partial charge in [0.15, 0.2) is 16.0 Å². The molecule has 2 aromatic heterocycles. The Morgan fingerprint density at radius 2 is 2.28 bits per heavy atom. The number of rotatable bonds is 7. The highest BCUT2D eigenvalue weighted by Crippen LogP contribution is 2.27. The van der Waals surface area contributed by atoms with E-state index in [-0.39, 0.29) is 0 Å². The smallest absolute Gasteiger partial charge is 0.194 e. The highest BCUT2D eigenvalue weighted by atomic mass is 35.5. The Bertz CT molecular complexity index is 486. The first kappa shape index (κ1) is 13.5. The summed E-state index contributed by atoms with van der Waals surface area (Å²) in [5.41, 5.74) is 0. The van der Waals surface area contributed by atoms with Crippen LogP contribution in [0, 0.1) is 0 Å². The van der Waals surface area contributed by atoms with Crippen LogP contribution in [0.2, 0.25) is 5.22 Å². The molecule has 7 heteroatoms. The van der Waals surface area contributed by atoms with Gasteiger partial charge in [-0.05, 0) is 23.7 Å². The van der Waals surface area contributed by atoms with E-state index in [1.54, 1.807) is 19.2 Å². The van der Waals surface area contributed by atoms with Crippen molar-refractivity contribution in [1.82, 2.24) is 15.5 Å². The number of aromatic nitrogens is 2. The van der Waals surface area contributed by atoms with Gasteiger partial charge in [0.1, 0.15) is 5.01 Å². The highest BCUT2D eigenvalue weighted by Gasteiger charge is 2.10. The highest BCUT2D eigenvalue weighted by molar-refractivity contribution is 7.14. The number of nitrogens with zero attached hydrogens (tertiary/aromatic N) is 2. The van der Waals surface area contributed by atoms with Gasteiger partial charge in [-0.1, -0.05) is 11.3 Å². The molecule has 2 aromatic rings. The fourth-order valence-electron chi connectivity index (χ4n) is 1.38. The molecule has 5 nitrogen and oxygen atoms in total. The number of halogens is 1. The Labute approximate surface area is 114 Å². The molecule has 98 valence electrons. The summed E-state index contributed by atoms with van der Waals surface area (Å²) >= 11 is 7.23. The third-order valence-electron chi connectivity index (χ3n) is 2.25. The van der Waals surface area contributed by atoms with E-state index in [2.05, 4.69) is 15.5 Å². The molecule has 0 fully saturated rings. The molecule has 0 saturated heterocycles. The summed E-state index contributed by atoms with van der Waals surface area (Å²) in [6.45, 7) is 2.42. The van der Waals surface area contributed by atoms with E-state index in [0.29, 0.717) is 17.6 Å². The summed E-state index contributed by atoms with van der Waals surface area (Å²) in [5, 5.41) is 13.5. The molecule has 18 heavy (non-hydrogen) atoms. The zero-order valence-electron chi connectivity index (χ0n) is 9.98. The third kappa shape index (κ3) is 3.78. The minimum Gasteiger partial charge on any atom is -0.442 e. The van der Waals surface area contributed by atoms with Crippen LogP contribution in [0.4, 0.5) is 0 Å². The zero-order valence-corrected chi connectivity index (χ0v) is 11.6. The van der Waals surface area contributed by atoms with Crippen molar-refractivity contribution >= 4 is 22.9 Å². The molecule has 0 spiro atoms. The maximum atomic E-state index is 5.72. The van der Waals surface area contributed by atoms with E-state index in [1.165, 1.54) is 11.3 Å². The average Bonchev–Trinajstić information content (AvgIpc) is 2.97. The molecule has 2 rings (SSSR count). The lowest BCUT2D eigenvalue weighted by Crippen LogP contribution is -2.21. The van der Waals surface area contributed by atoms with Gasteiger partial charge >= 0.3 is 0 Å². The number of ether oxygens (including phenoxy) is 1. The fourth-order valence-corrected chi connectivity index (χ4v) is 2.33. The van der Waals surface area contributed by atoms with Crippen LogP contribution in [0.25, 0.3) is 10.8 Å². The normalized spacial score (nSPS) is 11.0. The zero-order chi connectivity index (χ0) is 12.8. The average molecular weight is 288 g/mol. The second-order valence-corrected chi connectivity index (χ2v) is 5.03. The lowest BCUT2D eigenvalue weighted by molar-refractivity contribution is 0.199. The van der Waals surface area contributed by atoms with Crippen LogP contribution in [0.5, 0.6) is 0 Å². The number of methoxy groups -OCH3 is 1. The van der Waals surface area contributed by atoms with Crippen molar-refractivity contribution < 1.29 is 9.15 Å². The first-order chi connectivity index (χ1) is 8.79. The van der Waals surface area contributed by atoms with Crippen molar-refractivity contribution in [2.75, 3.05) is 26.8 Å². The van der Waals surface area contributed by atoms with Crippen molar-refractivity contribution in [3.05, 3.63) is 22.4 Å². The molecule has 0 bridgehead atoms. The van der Waals surface area contributed by atoms with E-state index >= 15 is 0 Å². The Kier molecular flexibility index (Phi) is 5.12. The standard InChI is InChI=1S/C11H14ClN3O2S/c1-16-7-6-13-5-4-10-14-15-11(18-10)8-2-3-9(12)17-8/h2-3,13H,4-7H2,1H3. The Morgan fingerprint density at radius 3 is 3.00 bits per heavy atom. The van der Waals surface area contributed by atoms with E-state index in [0.717, 1.165) is 29.5 Å². The predicted octanol–water partition coefficient (Wildman–Crippen LogP) is 2.23. The molecule has 0 aromatic carbocycles. The molecule has 0 radical (unpaired) electrons. The molecule has 0 amide bonds. The summed E-state index contributed by atoms with van der Waals surface area (Å²) in [5.74, 6) is 0.663. The maximum absolute atomic E-state index is 5.72. The molecule has 0 aliphatic carbocycles. The van der Waals surface area contributed by atoms with Crippen molar-refractivity contribution in [3.63, 3.8) is 0 Å². The predicted molar refractivity (Wildman–Crippen MR) is 71.1 cm³/mol. The maximum Gasteiger partial charge on any atom is 0.194 e. The number of nitrogens with one attached hydrogen (secondary N) is 1. The van der Waals surface area contributed by atoms with Gasteiger partial charge in [0.2, 0.25) is 0 Å². The molecule has 0 aliphatic heterocycles. The van der Waals surface area contributed by atoms with Crippen molar-refractivity contribution in [3.8, 4) is 10.8 Å². The molecule has 2 heterocycles. The van der Waals surface area contributed by atoms with Crippen molar-refractivity contribution in [2.45, 2.75) is 6.42 Å². The number of hydrogen-bond acceptors (Lipinski definition) is 6. The van der Waals surface area contributed by atoms with Crippen molar-refractivity contribution in [2.24, 2.45) is 0 Å². The summed E-state index contributed by atoms with van der Waals surface area (Å²) in [6, 6.07) is 3.49. The van der Waals surface area contributed by atoms with Crippen LogP contribution in [0.1, 0.15) is 5.01 Å². The van der Waals surface area contributed by atoms with Gasteiger partial charge in [-0.25, -0.2) is 0 Å². The second kappa shape index (κ2) is 6.84. The van der Waals surface area contributed by atoms with Crippen LogP contribution >= 0.6 is 22.9 Å². The van der Waals surface area contributed by atoms with E-state index in [1.807, 2.05) is 0 Å². The van der Waals surface area contributed by atoms with Gasteiger partial charge in [-0.3, -0.25) is 0 Å². The van der Waals surface area contributed by atoms with Gasteiger partial charge < -0.3 is 14.5 Å². The molecular weight excluding hydrogens is 274 g/mol. The Balaban J connectivity index is 1.83. The molecule has 0 aliphatic rings. The third-order valence-corrected chi connectivity index (χ3v) is 3.45. The summed E-state index contributed by atoms with van der Waals surface area (Å²) in [4.78, 5) is 0. The molecule has 1 N–H and O–H groups in total. The van der Waals surface area contributed by atoms with Gasteiger partial charge in [0.05, 0.1) is 6.61 Å². The molecule has 0 atom stereocenters. The Morgan fingerprint density at radius 1 is 1.39 bits per heavy atom. The first-order valence-corrected chi connectivity index (χ1v) is 6.77. The quantitative estimate of drug-likeness (QED) is 0.791. The topological polar surface area (TPSA) is 60.2 Å². The summed E-state index contributed by atoms with van der Waals surface area (Å²) < 4.78 is 10.2. The largest absolute Gasteiger partial charge is 0.442 e. The van der Waals surface area contributed by atoms with Crippen LogP contribution in [0.3, 0.4) is 0 Å². The first-order valence-electron chi connectivity index (χ1n) is 5.57. The number of hydrogen-bond donors (Lipinski definition) is 1.